The normalized spacial score (nSPS) is 10.1. The number of hydrogen-bond acceptors (Lipinski definition) is 5. The molecule has 0 saturated carbocycles. The number of para-hydroxylation sites is 1. The lowest BCUT2D eigenvalue weighted by molar-refractivity contribution is -0.115. The van der Waals surface area contributed by atoms with Crippen LogP contribution in [0.2, 0.25) is 0 Å². The molecule has 8 heteroatoms. The number of ether oxygens (including phenoxy) is 1. The van der Waals surface area contributed by atoms with E-state index >= 15 is 0 Å². The van der Waals surface area contributed by atoms with E-state index in [0.717, 1.165) is 11.3 Å². The molecule has 2 aromatic rings. The molecule has 3 amide bonds. The molecule has 0 bridgehead atoms. The minimum Gasteiger partial charge on any atom is -0.496 e. The number of rotatable bonds is 7. The molecule has 2 rings (SSSR count). The van der Waals surface area contributed by atoms with E-state index in [1.54, 1.807) is 20.1 Å². The summed E-state index contributed by atoms with van der Waals surface area (Å²) in [5.41, 5.74) is 0.999. The molecule has 1 aromatic carbocycles. The van der Waals surface area contributed by atoms with Crippen LogP contribution in [0, 0.1) is 6.92 Å². The van der Waals surface area contributed by atoms with Crippen LogP contribution in [0.1, 0.15) is 11.3 Å². The van der Waals surface area contributed by atoms with Crippen LogP contribution in [0.3, 0.4) is 0 Å². The number of hydrogen-bond donors (Lipinski definition) is 3. The van der Waals surface area contributed by atoms with E-state index in [9.17, 15) is 9.59 Å². The molecule has 3 N–H and O–H groups in total. The zero-order valence-corrected chi connectivity index (χ0v) is 13.6. The van der Waals surface area contributed by atoms with E-state index in [-0.39, 0.29) is 12.5 Å². The maximum absolute atomic E-state index is 11.7. The maximum Gasteiger partial charge on any atom is 0.315 e. The van der Waals surface area contributed by atoms with Crippen LogP contribution in [0.15, 0.2) is 34.9 Å². The summed E-state index contributed by atoms with van der Waals surface area (Å²) in [6.07, 6.45) is 0.627. The third kappa shape index (κ3) is 5.31. The van der Waals surface area contributed by atoms with Gasteiger partial charge in [-0.1, -0.05) is 23.4 Å². The molecule has 0 unspecified atom stereocenters. The van der Waals surface area contributed by atoms with Crippen LogP contribution in [0.4, 0.5) is 10.6 Å². The average molecular weight is 332 g/mol. The maximum atomic E-state index is 11.7. The number of carbonyl (C=O) groups excluding carboxylic acids is 2. The summed E-state index contributed by atoms with van der Waals surface area (Å²) in [5, 5.41) is 11.3. The van der Waals surface area contributed by atoms with E-state index in [0.29, 0.717) is 24.5 Å². The molecule has 0 aliphatic rings. The third-order valence-electron chi connectivity index (χ3n) is 3.18. The lowest BCUT2D eigenvalue weighted by Gasteiger charge is -2.09. The Balaban J connectivity index is 1.67. The second-order valence-electron chi connectivity index (χ2n) is 5.04. The van der Waals surface area contributed by atoms with E-state index in [1.165, 1.54) is 0 Å². The number of aryl methyl sites for hydroxylation is 1. The van der Waals surface area contributed by atoms with Gasteiger partial charge in [-0.25, -0.2) is 4.79 Å². The van der Waals surface area contributed by atoms with E-state index in [4.69, 9.17) is 9.26 Å². The highest BCUT2D eigenvalue weighted by atomic mass is 16.5. The van der Waals surface area contributed by atoms with Gasteiger partial charge in [0.1, 0.15) is 11.5 Å². The molecule has 1 aromatic heterocycles. The first-order valence-electron chi connectivity index (χ1n) is 7.45. The molecule has 1 heterocycles. The van der Waals surface area contributed by atoms with Gasteiger partial charge in [-0.05, 0) is 25.0 Å². The first kappa shape index (κ1) is 17.3. The monoisotopic (exact) mass is 332 g/mol. The number of nitrogens with zero attached hydrogens (tertiary/aromatic N) is 1. The average Bonchev–Trinajstić information content (AvgIpc) is 2.98. The Kier molecular flexibility index (Phi) is 6.18. The molecule has 0 radical (unpaired) electrons. The molecule has 128 valence electrons. The summed E-state index contributed by atoms with van der Waals surface area (Å²) in [4.78, 5) is 23.3. The van der Waals surface area contributed by atoms with Crippen LogP contribution in [0.25, 0.3) is 0 Å². The Morgan fingerprint density at radius 1 is 1.25 bits per heavy atom. The van der Waals surface area contributed by atoms with Crippen LogP contribution >= 0.6 is 0 Å². The lowest BCUT2D eigenvalue weighted by atomic mass is 10.1. The van der Waals surface area contributed by atoms with Gasteiger partial charge in [-0.15, -0.1) is 0 Å². The van der Waals surface area contributed by atoms with Crippen molar-refractivity contribution < 1.29 is 18.8 Å². The summed E-state index contributed by atoms with van der Waals surface area (Å²) in [5.74, 6) is 1.30. The van der Waals surface area contributed by atoms with Gasteiger partial charge in [0.15, 0.2) is 5.82 Å². The van der Waals surface area contributed by atoms with Gasteiger partial charge >= 0.3 is 6.03 Å². The molecule has 24 heavy (non-hydrogen) atoms. The van der Waals surface area contributed by atoms with Crippen LogP contribution in [-0.4, -0.2) is 37.3 Å². The highest BCUT2D eigenvalue weighted by Crippen LogP contribution is 2.17. The largest absolute Gasteiger partial charge is 0.496 e. The number of carbonyl (C=O) groups is 2. The first-order chi connectivity index (χ1) is 11.6. The predicted octanol–water partition coefficient (Wildman–Crippen LogP) is 1.47. The van der Waals surface area contributed by atoms with Gasteiger partial charge in [0.25, 0.3) is 0 Å². The standard InChI is InChI=1S/C16H20N4O4/c1-11-9-14(20-24-11)19-15(21)10-18-16(22)17-8-7-12-5-3-4-6-13(12)23-2/h3-6,9H,7-8,10H2,1-2H3,(H2,17,18,22)(H,19,20,21). The summed E-state index contributed by atoms with van der Waals surface area (Å²) in [7, 11) is 1.61. The van der Waals surface area contributed by atoms with E-state index in [2.05, 4.69) is 21.1 Å². The Bertz CT molecular complexity index is 699. The smallest absolute Gasteiger partial charge is 0.315 e. The molecule has 0 saturated heterocycles. The minimum atomic E-state index is -0.420. The highest BCUT2D eigenvalue weighted by Gasteiger charge is 2.08. The van der Waals surface area contributed by atoms with Crippen molar-refractivity contribution in [1.29, 1.82) is 0 Å². The number of aromatic nitrogens is 1. The van der Waals surface area contributed by atoms with Crippen LogP contribution in [-0.2, 0) is 11.2 Å². The van der Waals surface area contributed by atoms with Gasteiger partial charge in [0, 0.05) is 12.6 Å². The summed E-state index contributed by atoms with van der Waals surface area (Å²) < 4.78 is 10.1. The van der Waals surface area contributed by atoms with Crippen molar-refractivity contribution in [3.05, 3.63) is 41.7 Å². The third-order valence-corrected chi connectivity index (χ3v) is 3.18. The second-order valence-corrected chi connectivity index (χ2v) is 5.04. The number of anilines is 1. The highest BCUT2D eigenvalue weighted by molar-refractivity contribution is 5.93. The van der Waals surface area contributed by atoms with Crippen molar-refractivity contribution in [2.45, 2.75) is 13.3 Å². The topological polar surface area (TPSA) is 105 Å². The second kappa shape index (κ2) is 8.56. The van der Waals surface area contributed by atoms with Crippen molar-refractivity contribution in [1.82, 2.24) is 15.8 Å². The number of nitrogens with one attached hydrogen (secondary N) is 3. The van der Waals surface area contributed by atoms with Gasteiger partial charge in [0.05, 0.1) is 13.7 Å². The molecule has 0 atom stereocenters. The molecule has 0 spiro atoms. The molecule has 0 aliphatic heterocycles. The predicted molar refractivity (Wildman–Crippen MR) is 88.0 cm³/mol. The van der Waals surface area contributed by atoms with Crippen molar-refractivity contribution in [2.24, 2.45) is 0 Å². The fourth-order valence-electron chi connectivity index (χ4n) is 2.06. The fourth-order valence-corrected chi connectivity index (χ4v) is 2.06. The minimum absolute atomic E-state index is 0.160. The molecule has 0 fully saturated rings. The number of methoxy groups -OCH3 is 1. The Hall–Kier alpha value is -3.03. The Morgan fingerprint density at radius 2 is 2.04 bits per heavy atom. The fraction of sp³-hybridized carbons (Fsp3) is 0.312. The zero-order chi connectivity index (χ0) is 17.4. The molecule has 8 nitrogen and oxygen atoms in total. The van der Waals surface area contributed by atoms with Crippen LogP contribution in [0.5, 0.6) is 5.75 Å². The van der Waals surface area contributed by atoms with Crippen molar-refractivity contribution in [2.75, 3.05) is 25.5 Å². The quantitative estimate of drug-likeness (QED) is 0.712. The van der Waals surface area contributed by atoms with Crippen molar-refractivity contribution >= 4 is 17.8 Å². The van der Waals surface area contributed by atoms with Crippen LogP contribution < -0.4 is 20.7 Å². The number of benzene rings is 1. The molecule has 0 aliphatic carbocycles. The molecular weight excluding hydrogens is 312 g/mol. The Labute approximate surface area is 139 Å². The summed E-state index contributed by atoms with van der Waals surface area (Å²) in [6.45, 7) is 1.98. The summed E-state index contributed by atoms with van der Waals surface area (Å²) >= 11 is 0. The van der Waals surface area contributed by atoms with Gasteiger partial charge in [-0.2, -0.15) is 0 Å². The van der Waals surface area contributed by atoms with Gasteiger partial charge in [-0.3, -0.25) is 4.79 Å². The molecular formula is C16H20N4O4. The van der Waals surface area contributed by atoms with Gasteiger partial charge in [0.2, 0.25) is 5.91 Å². The Morgan fingerprint density at radius 3 is 2.75 bits per heavy atom. The zero-order valence-electron chi connectivity index (χ0n) is 13.6. The van der Waals surface area contributed by atoms with E-state index < -0.39 is 6.03 Å². The van der Waals surface area contributed by atoms with Crippen molar-refractivity contribution in [3.8, 4) is 5.75 Å². The first-order valence-corrected chi connectivity index (χ1v) is 7.45. The number of amides is 3. The SMILES string of the molecule is COc1ccccc1CCNC(=O)NCC(=O)Nc1cc(C)on1. The number of urea groups is 1. The van der Waals surface area contributed by atoms with Gasteiger partial charge < -0.3 is 25.2 Å². The van der Waals surface area contributed by atoms with E-state index in [1.807, 2.05) is 24.3 Å². The lowest BCUT2D eigenvalue weighted by Crippen LogP contribution is -2.40. The van der Waals surface area contributed by atoms with Crippen molar-refractivity contribution in [3.63, 3.8) is 0 Å². The summed E-state index contributed by atoms with van der Waals surface area (Å²) in [6, 6.07) is 8.77.